The predicted molar refractivity (Wildman–Crippen MR) is 80.8 cm³/mol. The highest BCUT2D eigenvalue weighted by molar-refractivity contribution is 5.48. The van der Waals surface area contributed by atoms with Crippen LogP contribution in [0.1, 0.15) is 24.8 Å². The number of hydrogen-bond donors (Lipinski definition) is 0. The number of hydrogen-bond acceptors (Lipinski definition) is 3. The molecule has 0 N–H and O–H groups in total. The predicted octanol–water partition coefficient (Wildman–Crippen LogP) is 4.18. The van der Waals surface area contributed by atoms with Gasteiger partial charge in [-0.05, 0) is 50.6 Å². The molecule has 0 bridgehead atoms. The molecule has 1 unspecified atom stereocenters. The maximum absolute atomic E-state index is 12.7. The number of fused-ring (bicyclic) bond motifs is 1. The molecule has 0 saturated carbocycles. The summed E-state index contributed by atoms with van der Waals surface area (Å²) in [5, 5.41) is 0. The maximum atomic E-state index is 12.7. The minimum absolute atomic E-state index is 0.253. The summed E-state index contributed by atoms with van der Waals surface area (Å²) in [5.74, 6) is -0.738. The molecule has 0 spiro atoms. The Hall–Kier alpha value is -1.76. The van der Waals surface area contributed by atoms with Gasteiger partial charge in [0.1, 0.15) is 0 Å². The monoisotopic (exact) mass is 345 g/mol. The summed E-state index contributed by atoms with van der Waals surface area (Å²) < 4.78 is 59.0. The highest BCUT2D eigenvalue weighted by Gasteiger charge is 2.46. The number of allylic oxidation sites excluding steroid dienone is 1. The summed E-state index contributed by atoms with van der Waals surface area (Å²) in [5.41, 5.74) is 0.474. The van der Waals surface area contributed by atoms with Crippen molar-refractivity contribution < 1.29 is 27.0 Å². The van der Waals surface area contributed by atoms with Crippen LogP contribution in [0.25, 0.3) is 0 Å². The first-order valence-corrected chi connectivity index (χ1v) is 7.84. The Kier molecular flexibility index (Phi) is 4.71. The molecule has 1 fully saturated rings. The van der Waals surface area contributed by atoms with Crippen LogP contribution >= 0.6 is 0 Å². The van der Waals surface area contributed by atoms with Crippen molar-refractivity contribution in [3.05, 3.63) is 35.9 Å². The first-order valence-electron chi connectivity index (χ1n) is 7.84. The molecule has 2 aliphatic rings. The molecule has 1 aromatic carbocycles. The normalized spacial score (nSPS) is 26.9. The lowest BCUT2D eigenvalue weighted by molar-refractivity contribution is -0.0693. The SMILES string of the molecule is CN1CC[C@]2(c3ccc(OC(F)F)c(OC(F)F)c3)C=CCCC12. The Bertz CT molecular complexity index is 623. The largest absolute Gasteiger partial charge is 0.431 e. The Morgan fingerprint density at radius 2 is 1.83 bits per heavy atom. The van der Waals surface area contributed by atoms with Crippen LogP contribution in [0.4, 0.5) is 17.6 Å². The van der Waals surface area contributed by atoms with Crippen LogP contribution < -0.4 is 9.47 Å². The molecule has 3 nitrogen and oxygen atoms in total. The quantitative estimate of drug-likeness (QED) is 0.590. The van der Waals surface area contributed by atoms with Gasteiger partial charge in [-0.15, -0.1) is 0 Å². The Balaban J connectivity index is 2.01. The molecule has 0 radical (unpaired) electrons. The molecule has 24 heavy (non-hydrogen) atoms. The lowest BCUT2D eigenvalue weighted by atomic mass is 9.70. The van der Waals surface area contributed by atoms with Gasteiger partial charge in [-0.2, -0.15) is 17.6 Å². The first-order chi connectivity index (χ1) is 11.4. The van der Waals surface area contributed by atoms with Gasteiger partial charge in [0.15, 0.2) is 11.5 Å². The van der Waals surface area contributed by atoms with Gasteiger partial charge in [-0.1, -0.05) is 18.2 Å². The van der Waals surface area contributed by atoms with Gasteiger partial charge in [0.2, 0.25) is 0 Å². The summed E-state index contributed by atoms with van der Waals surface area (Å²) >= 11 is 0. The lowest BCUT2D eigenvalue weighted by Crippen LogP contribution is -2.41. The van der Waals surface area contributed by atoms with E-state index in [0.717, 1.165) is 31.4 Å². The van der Waals surface area contributed by atoms with Crippen molar-refractivity contribution in [3.63, 3.8) is 0 Å². The first kappa shape index (κ1) is 17.1. The number of halogens is 4. The molecule has 1 aromatic rings. The van der Waals surface area contributed by atoms with Gasteiger partial charge in [0.25, 0.3) is 0 Å². The van der Waals surface area contributed by atoms with E-state index in [2.05, 4.69) is 26.5 Å². The van der Waals surface area contributed by atoms with Crippen molar-refractivity contribution in [2.75, 3.05) is 13.6 Å². The fourth-order valence-corrected chi connectivity index (χ4v) is 3.91. The third-order valence-corrected chi connectivity index (χ3v) is 4.94. The van der Waals surface area contributed by atoms with Crippen LogP contribution in [0.3, 0.4) is 0 Å². The third-order valence-electron chi connectivity index (χ3n) is 4.94. The van der Waals surface area contributed by atoms with Gasteiger partial charge in [0.05, 0.1) is 0 Å². The average molecular weight is 345 g/mol. The van der Waals surface area contributed by atoms with E-state index in [1.807, 2.05) is 7.05 Å². The highest BCUT2D eigenvalue weighted by atomic mass is 19.3. The number of likely N-dealkylation sites (N-methyl/N-ethyl adjacent to an activating group) is 1. The average Bonchev–Trinajstić information content (AvgIpc) is 2.87. The molecule has 1 saturated heterocycles. The third kappa shape index (κ3) is 3.09. The number of likely N-dealkylation sites (tertiary alicyclic amines) is 1. The van der Waals surface area contributed by atoms with Crippen LogP contribution in [0.15, 0.2) is 30.4 Å². The summed E-state index contributed by atoms with van der Waals surface area (Å²) in [7, 11) is 2.04. The van der Waals surface area contributed by atoms with E-state index < -0.39 is 13.2 Å². The molecule has 0 aromatic heterocycles. The fourth-order valence-electron chi connectivity index (χ4n) is 3.91. The van der Waals surface area contributed by atoms with Crippen LogP contribution in [0.2, 0.25) is 0 Å². The molecular formula is C17H19F4NO2. The number of nitrogens with zero attached hydrogens (tertiary/aromatic N) is 1. The molecule has 132 valence electrons. The second kappa shape index (κ2) is 6.63. The van der Waals surface area contributed by atoms with Crippen molar-refractivity contribution >= 4 is 0 Å². The zero-order valence-electron chi connectivity index (χ0n) is 13.2. The van der Waals surface area contributed by atoms with Gasteiger partial charge in [-0.3, -0.25) is 0 Å². The Morgan fingerprint density at radius 3 is 2.54 bits per heavy atom. The molecule has 1 aliphatic heterocycles. The smallest absolute Gasteiger partial charge is 0.387 e. The minimum Gasteiger partial charge on any atom is -0.431 e. The second-order valence-corrected chi connectivity index (χ2v) is 6.19. The molecule has 3 rings (SSSR count). The van der Waals surface area contributed by atoms with Crippen molar-refractivity contribution in [3.8, 4) is 11.5 Å². The fraction of sp³-hybridized carbons (Fsp3) is 0.529. The summed E-state index contributed by atoms with van der Waals surface area (Å²) in [6.45, 7) is -5.33. The van der Waals surface area contributed by atoms with Crippen LogP contribution in [-0.4, -0.2) is 37.8 Å². The molecule has 2 atom stereocenters. The second-order valence-electron chi connectivity index (χ2n) is 6.19. The number of rotatable bonds is 5. The standard InChI is InChI=1S/C17H19F4NO2/c1-22-9-8-17(7-3-2-4-14(17)22)11-5-6-12(23-15(18)19)13(10-11)24-16(20)21/h3,5-7,10,14-16H,2,4,8-9H2,1H3/t14?,17-/m0/s1. The van der Waals surface area contributed by atoms with Crippen LogP contribution in [0, 0.1) is 0 Å². The van der Waals surface area contributed by atoms with Crippen molar-refractivity contribution in [2.45, 2.75) is 43.9 Å². The number of ether oxygens (including phenoxy) is 2. The minimum atomic E-state index is -3.11. The van der Waals surface area contributed by atoms with E-state index in [4.69, 9.17) is 0 Å². The van der Waals surface area contributed by atoms with Crippen LogP contribution in [-0.2, 0) is 5.41 Å². The van der Waals surface area contributed by atoms with E-state index in [1.54, 1.807) is 6.07 Å². The van der Waals surface area contributed by atoms with Gasteiger partial charge in [-0.25, -0.2) is 0 Å². The van der Waals surface area contributed by atoms with Gasteiger partial charge >= 0.3 is 13.2 Å². The maximum Gasteiger partial charge on any atom is 0.387 e. The van der Waals surface area contributed by atoms with Gasteiger partial charge in [0, 0.05) is 11.5 Å². The summed E-state index contributed by atoms with van der Waals surface area (Å²) in [6, 6.07) is 4.61. The molecule has 7 heteroatoms. The number of benzene rings is 1. The van der Waals surface area contributed by atoms with E-state index in [-0.39, 0.29) is 23.0 Å². The van der Waals surface area contributed by atoms with Crippen LogP contribution in [0.5, 0.6) is 11.5 Å². The molecule has 1 aliphatic carbocycles. The zero-order valence-corrected chi connectivity index (χ0v) is 13.2. The highest BCUT2D eigenvalue weighted by Crippen LogP contribution is 2.47. The van der Waals surface area contributed by atoms with Crippen molar-refractivity contribution in [1.82, 2.24) is 4.90 Å². The Labute approximate surface area is 137 Å². The van der Waals surface area contributed by atoms with E-state index in [0.29, 0.717) is 0 Å². The van der Waals surface area contributed by atoms with E-state index >= 15 is 0 Å². The Morgan fingerprint density at radius 1 is 1.12 bits per heavy atom. The summed E-state index contributed by atoms with van der Waals surface area (Å²) in [6.07, 6.45) is 6.97. The molecule has 1 heterocycles. The zero-order chi connectivity index (χ0) is 17.3. The van der Waals surface area contributed by atoms with Gasteiger partial charge < -0.3 is 14.4 Å². The van der Waals surface area contributed by atoms with Crippen molar-refractivity contribution in [1.29, 1.82) is 0 Å². The van der Waals surface area contributed by atoms with Crippen molar-refractivity contribution in [2.24, 2.45) is 0 Å². The molecule has 0 amide bonds. The molecular weight excluding hydrogens is 326 g/mol. The summed E-state index contributed by atoms with van der Waals surface area (Å²) in [4.78, 5) is 2.25. The lowest BCUT2D eigenvalue weighted by Gasteiger charge is -2.38. The van der Waals surface area contributed by atoms with E-state index in [1.165, 1.54) is 12.1 Å². The number of alkyl halides is 4. The van der Waals surface area contributed by atoms with E-state index in [9.17, 15) is 17.6 Å². The topological polar surface area (TPSA) is 21.7 Å².